The number of allylic oxidation sites excluding steroid dienone is 2. The van der Waals surface area contributed by atoms with Crippen LogP contribution >= 0.6 is 0 Å². The minimum absolute atomic E-state index is 0.278. The van der Waals surface area contributed by atoms with Gasteiger partial charge in [-0.1, -0.05) is 78.9 Å². The summed E-state index contributed by atoms with van der Waals surface area (Å²) < 4.78 is 0. The van der Waals surface area contributed by atoms with Gasteiger partial charge in [-0.05, 0) is 48.2 Å². The summed E-state index contributed by atoms with van der Waals surface area (Å²) >= 11 is 0. The van der Waals surface area contributed by atoms with E-state index < -0.39 is 17.8 Å². The van der Waals surface area contributed by atoms with E-state index in [4.69, 9.17) is 0 Å². The zero-order valence-corrected chi connectivity index (χ0v) is 18.2. The zero-order valence-electron chi connectivity index (χ0n) is 18.2. The maximum Gasteiger partial charge on any atom is 0.308 e. The first-order valence-electron chi connectivity index (χ1n) is 10.8. The zero-order chi connectivity index (χ0) is 22.7. The average Bonchev–Trinajstić information content (AvgIpc) is 2.81. The van der Waals surface area contributed by atoms with Crippen molar-refractivity contribution in [1.29, 1.82) is 0 Å². The molecule has 4 nitrogen and oxygen atoms in total. The van der Waals surface area contributed by atoms with Crippen LogP contribution in [0.2, 0.25) is 0 Å². The summed E-state index contributed by atoms with van der Waals surface area (Å²) in [5, 5.41) is 13.3. The van der Waals surface area contributed by atoms with E-state index in [0.29, 0.717) is 5.69 Å². The van der Waals surface area contributed by atoms with Crippen LogP contribution in [-0.4, -0.2) is 17.0 Å². The van der Waals surface area contributed by atoms with E-state index in [-0.39, 0.29) is 17.7 Å². The Balaban J connectivity index is 1.77. The monoisotopic (exact) mass is 425 g/mol. The van der Waals surface area contributed by atoms with E-state index in [0.717, 1.165) is 22.3 Å². The first-order chi connectivity index (χ1) is 15.5. The van der Waals surface area contributed by atoms with Crippen molar-refractivity contribution in [3.63, 3.8) is 0 Å². The number of carbonyl (C=O) groups excluding carboxylic acids is 1. The van der Waals surface area contributed by atoms with Gasteiger partial charge >= 0.3 is 5.97 Å². The highest BCUT2D eigenvalue weighted by molar-refractivity contribution is 5.96. The molecule has 0 spiro atoms. The first-order valence-corrected chi connectivity index (χ1v) is 10.8. The number of hydrogen-bond donors (Lipinski definition) is 2. The summed E-state index contributed by atoms with van der Waals surface area (Å²) in [5.41, 5.74) is 4.72. The van der Waals surface area contributed by atoms with E-state index in [1.165, 1.54) is 0 Å². The van der Waals surface area contributed by atoms with Gasteiger partial charge in [-0.2, -0.15) is 0 Å². The van der Waals surface area contributed by atoms with Gasteiger partial charge in [0.1, 0.15) is 0 Å². The van der Waals surface area contributed by atoms with Gasteiger partial charge < -0.3 is 10.4 Å². The number of rotatable bonds is 5. The van der Waals surface area contributed by atoms with Crippen molar-refractivity contribution in [3.8, 4) is 0 Å². The standard InChI is InChI=1S/C28H27NO3/c1-18-13-14-22(17-19(18)2)29-27(30)25-23(20-9-5-3-6-10-20)15-16-24(26(25)28(31)32)21-11-7-4-8-12-21/h3-17,23-26H,1-2H3,(H,29,30)(H,31,32)/t23-,24-,25+,26+/m1/s1. The van der Waals surface area contributed by atoms with Gasteiger partial charge in [-0.25, -0.2) is 0 Å². The molecule has 162 valence electrons. The Bertz CT molecular complexity index is 1140. The fraction of sp³-hybridized carbons (Fsp3) is 0.214. The molecule has 3 aromatic rings. The third-order valence-corrected chi connectivity index (χ3v) is 6.42. The van der Waals surface area contributed by atoms with Crippen molar-refractivity contribution in [2.75, 3.05) is 5.32 Å². The predicted octanol–water partition coefficient (Wildman–Crippen LogP) is 5.70. The van der Waals surface area contributed by atoms with E-state index in [9.17, 15) is 14.7 Å². The molecule has 1 aliphatic rings. The molecular formula is C28H27NO3. The molecule has 0 unspecified atom stereocenters. The van der Waals surface area contributed by atoms with Crippen LogP contribution in [-0.2, 0) is 9.59 Å². The second kappa shape index (κ2) is 9.23. The summed E-state index contributed by atoms with van der Waals surface area (Å²) in [7, 11) is 0. The summed E-state index contributed by atoms with van der Waals surface area (Å²) in [5.74, 6) is -3.61. The van der Waals surface area contributed by atoms with Gasteiger partial charge in [0.05, 0.1) is 11.8 Å². The Morgan fingerprint density at radius 2 is 1.25 bits per heavy atom. The topological polar surface area (TPSA) is 66.4 Å². The summed E-state index contributed by atoms with van der Waals surface area (Å²) in [6.07, 6.45) is 3.95. The van der Waals surface area contributed by atoms with Crippen LogP contribution in [0.5, 0.6) is 0 Å². The average molecular weight is 426 g/mol. The number of carboxylic acid groups (broad SMARTS) is 1. The Morgan fingerprint density at radius 3 is 1.75 bits per heavy atom. The van der Waals surface area contributed by atoms with Crippen molar-refractivity contribution in [3.05, 3.63) is 113 Å². The normalized spacial score (nSPS) is 22.3. The Morgan fingerprint density at radius 1 is 0.719 bits per heavy atom. The van der Waals surface area contributed by atoms with Gasteiger partial charge in [0.2, 0.25) is 5.91 Å². The third kappa shape index (κ3) is 4.35. The number of anilines is 1. The Labute approximate surface area is 188 Å². The van der Waals surface area contributed by atoms with Crippen molar-refractivity contribution >= 4 is 17.6 Å². The highest BCUT2D eigenvalue weighted by Crippen LogP contribution is 2.45. The second-order valence-electron chi connectivity index (χ2n) is 8.44. The molecule has 32 heavy (non-hydrogen) atoms. The lowest BCUT2D eigenvalue weighted by Crippen LogP contribution is -2.42. The Kier molecular flexibility index (Phi) is 6.22. The highest BCUT2D eigenvalue weighted by Gasteiger charge is 2.46. The SMILES string of the molecule is Cc1ccc(NC(=O)[C@@H]2[C@@H](C(=O)O)[C@@H](c3ccccc3)C=C[C@@H]2c2ccccc2)cc1C. The van der Waals surface area contributed by atoms with Gasteiger partial charge in [-0.3, -0.25) is 9.59 Å². The fourth-order valence-corrected chi connectivity index (χ4v) is 4.59. The number of aryl methyl sites for hydroxylation is 2. The number of carboxylic acids is 1. The van der Waals surface area contributed by atoms with Gasteiger partial charge in [-0.15, -0.1) is 0 Å². The van der Waals surface area contributed by atoms with Crippen LogP contribution < -0.4 is 5.32 Å². The molecule has 2 N–H and O–H groups in total. The quantitative estimate of drug-likeness (QED) is 0.516. The maximum atomic E-state index is 13.6. The molecule has 0 aromatic heterocycles. The molecule has 1 amide bonds. The second-order valence-corrected chi connectivity index (χ2v) is 8.44. The lowest BCUT2D eigenvalue weighted by Gasteiger charge is -2.37. The summed E-state index contributed by atoms with van der Waals surface area (Å²) in [6.45, 7) is 4.01. The van der Waals surface area contributed by atoms with Gasteiger partial charge in [0, 0.05) is 17.5 Å². The molecule has 0 aliphatic heterocycles. The van der Waals surface area contributed by atoms with E-state index in [1.807, 2.05) is 105 Å². The van der Waals surface area contributed by atoms with Crippen molar-refractivity contribution < 1.29 is 14.7 Å². The van der Waals surface area contributed by atoms with Crippen LogP contribution in [0.3, 0.4) is 0 Å². The molecule has 3 aromatic carbocycles. The number of amides is 1. The predicted molar refractivity (Wildman–Crippen MR) is 127 cm³/mol. The molecule has 0 bridgehead atoms. The smallest absolute Gasteiger partial charge is 0.308 e. The number of aliphatic carboxylic acids is 1. The molecular weight excluding hydrogens is 398 g/mol. The Hall–Kier alpha value is -3.66. The van der Waals surface area contributed by atoms with Crippen LogP contribution in [0, 0.1) is 25.7 Å². The van der Waals surface area contributed by atoms with Crippen LogP contribution in [0.25, 0.3) is 0 Å². The van der Waals surface area contributed by atoms with Crippen molar-refractivity contribution in [2.45, 2.75) is 25.7 Å². The minimum atomic E-state index is -0.968. The summed E-state index contributed by atoms with van der Waals surface area (Å²) in [4.78, 5) is 26.2. The molecule has 0 heterocycles. The molecule has 4 atom stereocenters. The van der Waals surface area contributed by atoms with Crippen LogP contribution in [0.15, 0.2) is 91.0 Å². The number of hydrogen-bond acceptors (Lipinski definition) is 2. The molecule has 4 rings (SSSR count). The lowest BCUT2D eigenvalue weighted by atomic mass is 9.66. The fourth-order valence-electron chi connectivity index (χ4n) is 4.59. The number of carbonyl (C=O) groups is 2. The van der Waals surface area contributed by atoms with Crippen molar-refractivity contribution in [1.82, 2.24) is 0 Å². The van der Waals surface area contributed by atoms with Crippen LogP contribution in [0.1, 0.15) is 34.1 Å². The molecule has 1 aliphatic carbocycles. The van der Waals surface area contributed by atoms with E-state index in [2.05, 4.69) is 5.32 Å². The number of benzene rings is 3. The van der Waals surface area contributed by atoms with Crippen LogP contribution in [0.4, 0.5) is 5.69 Å². The molecule has 0 saturated carbocycles. The minimum Gasteiger partial charge on any atom is -0.481 e. The molecule has 0 saturated heterocycles. The first kappa shape index (κ1) is 21.6. The van der Waals surface area contributed by atoms with Gasteiger partial charge in [0.25, 0.3) is 0 Å². The molecule has 0 radical (unpaired) electrons. The maximum absolute atomic E-state index is 13.6. The van der Waals surface area contributed by atoms with E-state index >= 15 is 0 Å². The van der Waals surface area contributed by atoms with Crippen molar-refractivity contribution in [2.24, 2.45) is 11.8 Å². The largest absolute Gasteiger partial charge is 0.481 e. The highest BCUT2D eigenvalue weighted by atomic mass is 16.4. The molecule has 4 heteroatoms. The van der Waals surface area contributed by atoms with Gasteiger partial charge in [0.15, 0.2) is 0 Å². The number of nitrogens with one attached hydrogen (secondary N) is 1. The van der Waals surface area contributed by atoms with E-state index in [1.54, 1.807) is 0 Å². The third-order valence-electron chi connectivity index (χ3n) is 6.42. The molecule has 0 fully saturated rings. The summed E-state index contributed by atoms with van der Waals surface area (Å²) in [6, 6.07) is 24.9. The lowest BCUT2D eigenvalue weighted by molar-refractivity contribution is -0.147.